The van der Waals surface area contributed by atoms with E-state index >= 15 is 0 Å². The number of thioether (sulfide) groups is 1. The summed E-state index contributed by atoms with van der Waals surface area (Å²) in [6.45, 7) is 4.88. The minimum atomic E-state index is -0.103. The fourth-order valence-electron chi connectivity index (χ4n) is 3.52. The number of aryl methyl sites for hydroxylation is 1. The molecule has 1 aliphatic heterocycles. The van der Waals surface area contributed by atoms with Crippen LogP contribution in [-0.4, -0.2) is 44.4 Å². The number of hydrogen-bond acceptors (Lipinski definition) is 5. The van der Waals surface area contributed by atoms with Crippen LogP contribution in [0.4, 0.5) is 5.69 Å². The van der Waals surface area contributed by atoms with E-state index in [1.165, 1.54) is 24.6 Å². The van der Waals surface area contributed by atoms with E-state index < -0.39 is 0 Å². The van der Waals surface area contributed by atoms with Crippen LogP contribution in [0.5, 0.6) is 0 Å². The van der Waals surface area contributed by atoms with E-state index in [1.807, 2.05) is 49.4 Å². The molecule has 6 nitrogen and oxygen atoms in total. The Labute approximate surface area is 185 Å². The molecule has 0 spiro atoms. The topological polar surface area (TPSA) is 63.1 Å². The summed E-state index contributed by atoms with van der Waals surface area (Å²) in [4.78, 5) is 14.9. The van der Waals surface area contributed by atoms with Crippen LogP contribution >= 0.6 is 23.4 Å². The van der Waals surface area contributed by atoms with Crippen LogP contribution in [0, 0.1) is 6.92 Å². The first kappa shape index (κ1) is 20.9. The molecule has 1 fully saturated rings. The number of hydrogen-bond donors (Lipinski definition) is 1. The lowest BCUT2D eigenvalue weighted by molar-refractivity contribution is -0.113. The van der Waals surface area contributed by atoms with Crippen LogP contribution in [0.25, 0.3) is 5.69 Å². The second-order valence-electron chi connectivity index (χ2n) is 7.35. The normalized spacial score (nSPS) is 14.2. The van der Waals surface area contributed by atoms with Crippen LogP contribution in [0.1, 0.15) is 24.2 Å². The summed E-state index contributed by atoms with van der Waals surface area (Å²) in [7, 11) is 0. The van der Waals surface area contributed by atoms with E-state index in [4.69, 9.17) is 11.6 Å². The van der Waals surface area contributed by atoms with Gasteiger partial charge in [-0.25, -0.2) is 0 Å². The molecule has 156 valence electrons. The van der Waals surface area contributed by atoms with Gasteiger partial charge in [-0.05, 0) is 62.7 Å². The number of nitrogens with one attached hydrogen (secondary N) is 1. The minimum absolute atomic E-state index is 0.103. The van der Waals surface area contributed by atoms with Gasteiger partial charge in [-0.3, -0.25) is 14.3 Å². The van der Waals surface area contributed by atoms with E-state index in [9.17, 15) is 4.79 Å². The summed E-state index contributed by atoms with van der Waals surface area (Å²) in [6.07, 6.45) is 2.45. The molecule has 4 rings (SSSR count). The van der Waals surface area contributed by atoms with E-state index in [2.05, 4.69) is 25.0 Å². The van der Waals surface area contributed by atoms with Gasteiger partial charge in [-0.15, -0.1) is 10.2 Å². The van der Waals surface area contributed by atoms with Crippen LogP contribution < -0.4 is 5.32 Å². The molecule has 2 heterocycles. The van der Waals surface area contributed by atoms with Crippen molar-refractivity contribution in [2.75, 3.05) is 24.2 Å². The Morgan fingerprint density at radius 1 is 1.13 bits per heavy atom. The third-order valence-corrected chi connectivity index (χ3v) is 6.25. The summed E-state index contributed by atoms with van der Waals surface area (Å²) >= 11 is 7.44. The molecule has 1 amide bonds. The molecule has 2 aromatic carbocycles. The summed E-state index contributed by atoms with van der Waals surface area (Å²) in [5, 5.41) is 13.1. The number of nitrogens with zero attached hydrogens (tertiary/aromatic N) is 4. The summed E-state index contributed by atoms with van der Waals surface area (Å²) < 4.78 is 2.06. The standard InChI is InChI=1S/C22H24ClN5OS/c1-16-9-10-17(23)13-19(16)24-21(29)15-30-22-26-25-20(14-27-11-5-6-12-27)28(22)18-7-3-2-4-8-18/h2-4,7-10,13H,5-6,11-12,14-15H2,1H3,(H,24,29). The number of amides is 1. The number of anilines is 1. The zero-order valence-electron chi connectivity index (χ0n) is 16.8. The lowest BCUT2D eigenvalue weighted by Gasteiger charge is -2.16. The SMILES string of the molecule is Cc1ccc(Cl)cc1NC(=O)CSc1nnc(CN2CCCC2)n1-c1ccccc1. The van der Waals surface area contributed by atoms with Crippen molar-refractivity contribution < 1.29 is 4.79 Å². The largest absolute Gasteiger partial charge is 0.325 e. The highest BCUT2D eigenvalue weighted by molar-refractivity contribution is 7.99. The Hall–Kier alpha value is -2.35. The van der Waals surface area contributed by atoms with Crippen LogP contribution in [0.3, 0.4) is 0 Å². The maximum atomic E-state index is 12.5. The first-order valence-corrected chi connectivity index (χ1v) is 11.4. The van der Waals surface area contributed by atoms with Gasteiger partial charge in [0.05, 0.1) is 12.3 Å². The van der Waals surface area contributed by atoms with Gasteiger partial charge < -0.3 is 5.32 Å². The maximum Gasteiger partial charge on any atom is 0.234 e. The Morgan fingerprint density at radius 3 is 2.67 bits per heavy atom. The van der Waals surface area contributed by atoms with Gasteiger partial charge in [0.2, 0.25) is 5.91 Å². The maximum absolute atomic E-state index is 12.5. The van der Waals surface area contributed by atoms with Gasteiger partial charge in [-0.1, -0.05) is 47.6 Å². The van der Waals surface area contributed by atoms with Crippen molar-refractivity contribution in [2.45, 2.75) is 31.5 Å². The molecule has 0 unspecified atom stereocenters. The number of aromatic nitrogens is 3. The Bertz CT molecular complexity index is 1020. The van der Waals surface area contributed by atoms with Gasteiger partial charge in [0.25, 0.3) is 0 Å². The molecule has 1 aromatic heterocycles. The van der Waals surface area contributed by atoms with Crippen LogP contribution in [-0.2, 0) is 11.3 Å². The van der Waals surface area contributed by atoms with Crippen molar-refractivity contribution >= 4 is 35.0 Å². The molecular formula is C22H24ClN5OS. The molecule has 0 aliphatic carbocycles. The molecule has 1 N–H and O–H groups in total. The van der Waals surface area contributed by atoms with E-state index in [-0.39, 0.29) is 11.7 Å². The molecule has 0 saturated carbocycles. The lowest BCUT2D eigenvalue weighted by Crippen LogP contribution is -2.21. The third kappa shape index (κ3) is 5.03. The van der Waals surface area contributed by atoms with Crippen molar-refractivity contribution in [3.63, 3.8) is 0 Å². The number of halogens is 1. The predicted molar refractivity (Wildman–Crippen MR) is 121 cm³/mol. The summed E-state index contributed by atoms with van der Waals surface area (Å²) in [5.74, 6) is 1.03. The molecule has 1 aliphatic rings. The number of rotatable bonds is 7. The fourth-order valence-corrected chi connectivity index (χ4v) is 4.46. The monoisotopic (exact) mass is 441 g/mol. The smallest absolute Gasteiger partial charge is 0.234 e. The zero-order chi connectivity index (χ0) is 20.9. The second kappa shape index (κ2) is 9.64. The first-order chi connectivity index (χ1) is 14.6. The molecule has 1 saturated heterocycles. The van der Waals surface area contributed by atoms with Gasteiger partial charge in [0, 0.05) is 16.4 Å². The van der Waals surface area contributed by atoms with Crippen molar-refractivity contribution in [3.8, 4) is 5.69 Å². The summed E-state index contributed by atoms with van der Waals surface area (Å²) in [6, 6.07) is 15.5. The predicted octanol–water partition coefficient (Wildman–Crippen LogP) is 4.56. The highest BCUT2D eigenvalue weighted by Crippen LogP contribution is 2.25. The molecule has 8 heteroatoms. The quantitative estimate of drug-likeness (QED) is 0.545. The van der Waals surface area contributed by atoms with Gasteiger partial charge in [0.1, 0.15) is 0 Å². The highest BCUT2D eigenvalue weighted by atomic mass is 35.5. The Kier molecular flexibility index (Phi) is 6.72. The third-order valence-electron chi connectivity index (χ3n) is 5.08. The molecular weight excluding hydrogens is 418 g/mol. The average Bonchev–Trinajstić information content (AvgIpc) is 3.40. The van der Waals surface area contributed by atoms with Crippen LogP contribution in [0.15, 0.2) is 53.7 Å². The van der Waals surface area contributed by atoms with Gasteiger partial charge in [-0.2, -0.15) is 0 Å². The van der Waals surface area contributed by atoms with E-state index in [1.54, 1.807) is 6.07 Å². The Morgan fingerprint density at radius 2 is 1.90 bits per heavy atom. The van der Waals surface area contributed by atoms with E-state index in [0.29, 0.717) is 10.2 Å². The highest BCUT2D eigenvalue weighted by Gasteiger charge is 2.20. The Balaban J connectivity index is 1.50. The average molecular weight is 442 g/mol. The number of carbonyl (C=O) groups excluding carboxylic acids is 1. The number of benzene rings is 2. The van der Waals surface area contributed by atoms with Crippen molar-refractivity contribution in [2.24, 2.45) is 0 Å². The molecule has 0 radical (unpaired) electrons. The van der Waals surface area contributed by atoms with Crippen LogP contribution in [0.2, 0.25) is 5.02 Å². The minimum Gasteiger partial charge on any atom is -0.325 e. The fraction of sp³-hybridized carbons (Fsp3) is 0.318. The molecule has 3 aromatic rings. The lowest BCUT2D eigenvalue weighted by atomic mass is 10.2. The molecule has 30 heavy (non-hydrogen) atoms. The van der Waals surface area contributed by atoms with Crippen molar-refractivity contribution in [1.82, 2.24) is 19.7 Å². The van der Waals surface area contributed by atoms with Crippen molar-refractivity contribution in [1.29, 1.82) is 0 Å². The van der Waals surface area contributed by atoms with E-state index in [0.717, 1.165) is 42.4 Å². The van der Waals surface area contributed by atoms with Crippen molar-refractivity contribution in [3.05, 3.63) is 64.9 Å². The second-order valence-corrected chi connectivity index (χ2v) is 8.73. The first-order valence-electron chi connectivity index (χ1n) is 10.0. The summed E-state index contributed by atoms with van der Waals surface area (Å²) in [5.41, 5.74) is 2.70. The molecule has 0 atom stereocenters. The number of likely N-dealkylation sites (tertiary alicyclic amines) is 1. The zero-order valence-corrected chi connectivity index (χ0v) is 18.4. The number of carbonyl (C=O) groups is 1. The van der Waals surface area contributed by atoms with Gasteiger partial charge in [0.15, 0.2) is 11.0 Å². The number of para-hydroxylation sites is 1. The molecule has 0 bridgehead atoms. The van der Waals surface area contributed by atoms with Gasteiger partial charge >= 0.3 is 0 Å².